The van der Waals surface area contributed by atoms with Gasteiger partial charge in [0, 0.05) is 54.4 Å². The van der Waals surface area contributed by atoms with Crippen LogP contribution < -0.4 is 21.6 Å². The number of pyridine rings is 2. The van der Waals surface area contributed by atoms with Gasteiger partial charge in [0.1, 0.15) is 5.54 Å². The van der Waals surface area contributed by atoms with Crippen LogP contribution in [0.3, 0.4) is 0 Å². The van der Waals surface area contributed by atoms with Crippen LogP contribution in [0, 0.1) is 30.6 Å². The highest BCUT2D eigenvalue weighted by molar-refractivity contribution is 6.35. The van der Waals surface area contributed by atoms with Crippen molar-refractivity contribution in [3.63, 3.8) is 0 Å². The van der Waals surface area contributed by atoms with Crippen molar-refractivity contribution < 1.29 is 13.9 Å². The number of aromatic nitrogens is 2. The molecule has 4 heterocycles. The Labute approximate surface area is 267 Å². The molecule has 1 aliphatic carbocycles. The van der Waals surface area contributed by atoms with Gasteiger partial charge in [-0.3, -0.25) is 14.8 Å². The van der Waals surface area contributed by atoms with E-state index < -0.39 is 17.5 Å². The van der Waals surface area contributed by atoms with E-state index in [1.807, 2.05) is 28.2 Å². The van der Waals surface area contributed by atoms with Crippen molar-refractivity contribution in [1.29, 1.82) is 0 Å². The van der Waals surface area contributed by atoms with Crippen LogP contribution in [0.5, 0.6) is 0 Å². The highest BCUT2D eigenvalue weighted by atomic mass is 35.5. The van der Waals surface area contributed by atoms with E-state index >= 15 is 0 Å². The van der Waals surface area contributed by atoms with Crippen molar-refractivity contribution in [1.82, 2.24) is 30.8 Å². The number of hydrazine groups is 2. The fourth-order valence-electron chi connectivity index (χ4n) is 5.77. The van der Waals surface area contributed by atoms with Gasteiger partial charge in [0.25, 0.3) is 0 Å². The number of morpholine rings is 1. The molecular formula is C33H38ClFN8O2. The second-order valence-electron chi connectivity index (χ2n) is 13.0. The van der Waals surface area contributed by atoms with Gasteiger partial charge in [0.05, 0.1) is 46.7 Å². The first-order valence-electron chi connectivity index (χ1n) is 15.1. The minimum Gasteiger partial charge on any atom is -0.383 e. The van der Waals surface area contributed by atoms with Crippen molar-refractivity contribution >= 4 is 39.8 Å². The fourth-order valence-corrected chi connectivity index (χ4v) is 6.04. The second kappa shape index (κ2) is 12.0. The molecule has 45 heavy (non-hydrogen) atoms. The summed E-state index contributed by atoms with van der Waals surface area (Å²) in [6, 6.07) is 6.32. The lowest BCUT2D eigenvalue weighted by Crippen LogP contribution is -2.55. The number of amides is 1. The first-order valence-corrected chi connectivity index (χ1v) is 15.5. The lowest BCUT2D eigenvalue weighted by Gasteiger charge is -2.34. The molecule has 1 atom stereocenters. The number of terminal acetylenes is 1. The molecule has 0 spiro atoms. The first-order chi connectivity index (χ1) is 21.5. The van der Waals surface area contributed by atoms with E-state index in [9.17, 15) is 9.18 Å². The largest absolute Gasteiger partial charge is 0.383 e. The van der Waals surface area contributed by atoms with Crippen molar-refractivity contribution in [2.45, 2.75) is 52.1 Å². The van der Waals surface area contributed by atoms with Gasteiger partial charge in [-0.2, -0.15) is 4.39 Å². The van der Waals surface area contributed by atoms with E-state index in [2.05, 4.69) is 58.3 Å². The minimum atomic E-state index is -0.677. The Morgan fingerprint density at radius 1 is 1.27 bits per heavy atom. The molecule has 0 unspecified atom stereocenters. The maximum absolute atomic E-state index is 14.1. The smallest absolute Gasteiger partial charge is 0.250 e. The second-order valence-corrected chi connectivity index (χ2v) is 13.4. The summed E-state index contributed by atoms with van der Waals surface area (Å²) in [4.78, 5) is 24.1. The average Bonchev–Trinajstić information content (AvgIpc) is 3.67. The number of anilines is 2. The molecule has 3 aliphatic rings. The van der Waals surface area contributed by atoms with Crippen LogP contribution in [-0.4, -0.2) is 64.2 Å². The number of nitrogens with zero attached hydrogens (tertiary/aromatic N) is 4. The predicted molar refractivity (Wildman–Crippen MR) is 173 cm³/mol. The third kappa shape index (κ3) is 6.23. The Bertz CT molecular complexity index is 1710. The number of ether oxygens (including phenoxy) is 1. The normalized spacial score (nSPS) is 18.2. The molecule has 2 aliphatic heterocycles. The average molecular weight is 633 g/mol. The van der Waals surface area contributed by atoms with Crippen LogP contribution in [0.4, 0.5) is 15.8 Å². The zero-order valence-electron chi connectivity index (χ0n) is 25.9. The molecule has 10 nitrogen and oxygen atoms in total. The zero-order chi connectivity index (χ0) is 31.9. The summed E-state index contributed by atoms with van der Waals surface area (Å²) in [7, 11) is 0. The predicted octanol–water partition coefficient (Wildman–Crippen LogP) is 4.88. The van der Waals surface area contributed by atoms with Crippen LogP contribution in [0.1, 0.15) is 56.5 Å². The third-order valence-electron chi connectivity index (χ3n) is 8.37. The first kappa shape index (κ1) is 30.9. The number of halogens is 2. The molecule has 236 valence electrons. The Morgan fingerprint density at radius 2 is 2.02 bits per heavy atom. The molecule has 1 aromatic carbocycles. The maximum Gasteiger partial charge on any atom is 0.250 e. The summed E-state index contributed by atoms with van der Waals surface area (Å²) < 4.78 is 19.6. The number of aryl methyl sites for hydroxylation is 1. The molecule has 2 aromatic heterocycles. The molecule has 1 saturated carbocycles. The van der Waals surface area contributed by atoms with Crippen molar-refractivity contribution in [3.8, 4) is 12.3 Å². The van der Waals surface area contributed by atoms with E-state index in [4.69, 9.17) is 22.8 Å². The van der Waals surface area contributed by atoms with Gasteiger partial charge in [-0.25, -0.2) is 4.98 Å². The molecule has 3 aromatic rings. The zero-order valence-corrected chi connectivity index (χ0v) is 26.7. The maximum atomic E-state index is 14.1. The quantitative estimate of drug-likeness (QED) is 0.204. The van der Waals surface area contributed by atoms with Crippen molar-refractivity contribution in [2.75, 3.05) is 43.5 Å². The van der Waals surface area contributed by atoms with Crippen molar-refractivity contribution in [3.05, 3.63) is 70.2 Å². The highest BCUT2D eigenvalue weighted by Gasteiger charge is 2.57. The van der Waals surface area contributed by atoms with Gasteiger partial charge >= 0.3 is 0 Å². The number of benzene rings is 1. The Balaban J connectivity index is 1.37. The van der Waals surface area contributed by atoms with E-state index in [-0.39, 0.29) is 11.3 Å². The number of hydrogen-bond donors (Lipinski definition) is 4. The van der Waals surface area contributed by atoms with Gasteiger partial charge in [-0.1, -0.05) is 44.4 Å². The molecule has 0 bridgehead atoms. The van der Waals surface area contributed by atoms with Crippen LogP contribution in [-0.2, 0) is 9.53 Å². The van der Waals surface area contributed by atoms with Crippen LogP contribution in [0.25, 0.3) is 10.9 Å². The van der Waals surface area contributed by atoms with E-state index in [1.165, 1.54) is 6.07 Å². The number of nitrogens with one attached hydrogen (secondary N) is 4. The monoisotopic (exact) mass is 632 g/mol. The molecule has 6 rings (SSSR count). The van der Waals surface area contributed by atoms with Gasteiger partial charge in [-0.05, 0) is 43.4 Å². The van der Waals surface area contributed by atoms with Crippen molar-refractivity contribution in [2.24, 2.45) is 5.41 Å². The summed E-state index contributed by atoms with van der Waals surface area (Å²) in [5, 5.41) is 10.2. The number of rotatable bonds is 8. The summed E-state index contributed by atoms with van der Waals surface area (Å²) in [6.07, 6.45) is 10.9. The van der Waals surface area contributed by atoms with E-state index in [0.717, 1.165) is 35.2 Å². The molecule has 1 amide bonds. The number of carbonyl (C=O) groups excluding carboxylic acids is 1. The summed E-state index contributed by atoms with van der Waals surface area (Å²) in [5.41, 5.74) is 10.5. The van der Waals surface area contributed by atoms with Crippen LogP contribution >= 0.6 is 11.6 Å². The summed E-state index contributed by atoms with van der Waals surface area (Å²) in [6.45, 7) is 11.1. The van der Waals surface area contributed by atoms with Crippen LogP contribution in [0.15, 0.2) is 42.4 Å². The SMILES string of the molecule is C#Cc1cnc2c(Cl)cc(N[C@H](C3=CN(C4(C(=O)N5CCOCC5)CC4)NN3)c3ccc(F)nc3C)cc2c1NCC(C)(C)C. The van der Waals surface area contributed by atoms with Crippen LogP contribution in [0.2, 0.25) is 5.02 Å². The summed E-state index contributed by atoms with van der Waals surface area (Å²) in [5.74, 6) is 2.26. The van der Waals surface area contributed by atoms with Gasteiger partial charge < -0.3 is 25.7 Å². The van der Waals surface area contributed by atoms with Gasteiger partial charge in [0.2, 0.25) is 11.9 Å². The van der Waals surface area contributed by atoms with E-state index in [1.54, 1.807) is 19.2 Å². The number of fused-ring (bicyclic) bond motifs is 1. The minimum absolute atomic E-state index is 0.000886. The molecule has 12 heteroatoms. The third-order valence-corrected chi connectivity index (χ3v) is 8.66. The molecular weight excluding hydrogens is 595 g/mol. The lowest BCUT2D eigenvalue weighted by molar-refractivity contribution is -0.142. The Hall–Kier alpha value is -4.11. The molecule has 1 saturated heterocycles. The van der Waals surface area contributed by atoms with E-state index in [0.29, 0.717) is 60.3 Å². The standard InChI is InChI=1S/C33H38ClFN8O2/c1-6-21-17-36-29-24(28(21)37-19-32(3,4)5)15-22(16-25(29)34)39-30(23-7-8-27(35)38-20(23)2)26-18-43(41-40-26)33(9-10-33)31(44)42-11-13-45-14-12-42/h1,7-8,15-18,30,39-41H,9-14,19H2,2-5H3,(H,36,37)/t30-/m0/s1. The van der Waals surface area contributed by atoms with Gasteiger partial charge in [-0.15, -0.1) is 12.0 Å². The topological polar surface area (TPSA) is 107 Å². The Morgan fingerprint density at radius 3 is 2.69 bits per heavy atom. The molecule has 2 fully saturated rings. The molecule has 4 N–H and O–H groups in total. The number of carbonyl (C=O) groups is 1. The van der Waals surface area contributed by atoms with Gasteiger partial charge in [0.15, 0.2) is 0 Å². The fraction of sp³-hybridized carbons (Fsp3) is 0.424. The summed E-state index contributed by atoms with van der Waals surface area (Å²) >= 11 is 6.82. The molecule has 0 radical (unpaired) electrons. The lowest BCUT2D eigenvalue weighted by atomic mass is 9.96. The Kier molecular flexibility index (Phi) is 8.24. The number of hydrogen-bond acceptors (Lipinski definition) is 9. The highest BCUT2D eigenvalue weighted by Crippen LogP contribution is 2.45.